The molecule has 186 valence electrons. The summed E-state index contributed by atoms with van der Waals surface area (Å²) < 4.78 is 26.6. The van der Waals surface area contributed by atoms with Crippen LogP contribution in [0, 0.1) is 12.7 Å². The van der Waals surface area contributed by atoms with Crippen molar-refractivity contribution in [3.05, 3.63) is 101 Å². The molecular formula is C27H26FN3O5. The van der Waals surface area contributed by atoms with Crippen molar-refractivity contribution in [3.8, 4) is 5.75 Å². The van der Waals surface area contributed by atoms with Crippen molar-refractivity contribution >= 4 is 17.5 Å². The number of benzene rings is 2. The smallest absolute Gasteiger partial charge is 0.339 e. The molecule has 1 atom stereocenters. The lowest BCUT2D eigenvalue weighted by atomic mass is 10.1. The molecule has 36 heavy (non-hydrogen) atoms. The molecule has 0 bridgehead atoms. The van der Waals surface area contributed by atoms with Crippen molar-refractivity contribution in [1.29, 1.82) is 0 Å². The zero-order valence-electron chi connectivity index (χ0n) is 19.9. The average Bonchev–Trinajstić information content (AvgIpc) is 3.23. The van der Waals surface area contributed by atoms with E-state index in [1.54, 1.807) is 44.2 Å². The van der Waals surface area contributed by atoms with Gasteiger partial charge >= 0.3 is 5.97 Å². The van der Waals surface area contributed by atoms with E-state index in [0.29, 0.717) is 11.3 Å². The molecule has 0 saturated carbocycles. The van der Waals surface area contributed by atoms with Gasteiger partial charge in [-0.25, -0.2) is 14.2 Å². The Morgan fingerprint density at radius 2 is 1.86 bits per heavy atom. The lowest BCUT2D eigenvalue weighted by Gasteiger charge is -2.17. The topological polar surface area (TPSA) is 102 Å². The molecule has 4 rings (SSSR count). The fourth-order valence-electron chi connectivity index (χ4n) is 3.85. The zero-order chi connectivity index (χ0) is 25.7. The van der Waals surface area contributed by atoms with Crippen LogP contribution < -0.4 is 10.1 Å². The largest absolute Gasteiger partial charge is 0.485 e. The summed E-state index contributed by atoms with van der Waals surface area (Å²) in [5.41, 5.74) is 2.03. The third kappa shape index (κ3) is 5.21. The number of pyridine rings is 1. The van der Waals surface area contributed by atoms with Crippen molar-refractivity contribution < 1.29 is 28.6 Å². The molecule has 2 heterocycles. The van der Waals surface area contributed by atoms with E-state index < -0.39 is 23.7 Å². The van der Waals surface area contributed by atoms with Gasteiger partial charge in [0.05, 0.1) is 30.5 Å². The molecule has 2 aromatic heterocycles. The van der Waals surface area contributed by atoms with Gasteiger partial charge in [0.25, 0.3) is 5.91 Å². The molecule has 8 nitrogen and oxygen atoms in total. The van der Waals surface area contributed by atoms with Gasteiger partial charge in [-0.2, -0.15) is 0 Å². The number of aromatic nitrogens is 2. The second-order valence-electron chi connectivity index (χ2n) is 8.05. The van der Waals surface area contributed by atoms with Gasteiger partial charge in [-0.05, 0) is 25.5 Å². The zero-order valence-corrected chi connectivity index (χ0v) is 19.9. The van der Waals surface area contributed by atoms with Gasteiger partial charge in [-0.3, -0.25) is 9.20 Å². The van der Waals surface area contributed by atoms with E-state index in [9.17, 15) is 19.1 Å². The summed E-state index contributed by atoms with van der Waals surface area (Å²) >= 11 is 0. The molecule has 0 spiro atoms. The summed E-state index contributed by atoms with van der Waals surface area (Å²) in [5, 5.41) is 12.7. The lowest BCUT2D eigenvalue weighted by molar-refractivity contribution is 0.0524. The molecule has 0 radical (unpaired) electrons. The number of nitrogens with zero attached hydrogens (tertiary/aromatic N) is 2. The highest BCUT2D eigenvalue weighted by Gasteiger charge is 2.24. The van der Waals surface area contributed by atoms with E-state index in [1.165, 1.54) is 22.7 Å². The number of aliphatic hydroxyl groups excluding tert-OH is 1. The first-order valence-electron chi connectivity index (χ1n) is 11.5. The number of carbonyl (C=O) groups is 2. The van der Waals surface area contributed by atoms with Crippen LogP contribution in [0.3, 0.4) is 0 Å². The minimum atomic E-state index is -0.645. The molecule has 0 fully saturated rings. The number of imidazole rings is 1. The van der Waals surface area contributed by atoms with Crippen molar-refractivity contribution in [2.75, 3.05) is 13.2 Å². The Morgan fingerprint density at radius 1 is 1.14 bits per heavy atom. The number of carbonyl (C=O) groups excluding carboxylic acids is 2. The Kier molecular flexibility index (Phi) is 7.60. The van der Waals surface area contributed by atoms with Crippen LogP contribution in [0.25, 0.3) is 5.65 Å². The second-order valence-corrected chi connectivity index (χ2v) is 8.05. The first-order valence-corrected chi connectivity index (χ1v) is 11.5. The van der Waals surface area contributed by atoms with E-state index in [0.717, 1.165) is 5.56 Å². The van der Waals surface area contributed by atoms with Gasteiger partial charge in [0.2, 0.25) is 0 Å². The summed E-state index contributed by atoms with van der Waals surface area (Å²) in [7, 11) is 0. The van der Waals surface area contributed by atoms with Gasteiger partial charge in [0.15, 0.2) is 11.4 Å². The first-order chi connectivity index (χ1) is 17.4. The Morgan fingerprint density at radius 3 is 2.56 bits per heavy atom. The highest BCUT2D eigenvalue weighted by atomic mass is 19.1. The molecular weight excluding hydrogens is 465 g/mol. The van der Waals surface area contributed by atoms with Crippen LogP contribution in [0.1, 0.15) is 50.6 Å². The predicted molar refractivity (Wildman–Crippen MR) is 130 cm³/mol. The van der Waals surface area contributed by atoms with E-state index in [1.807, 2.05) is 18.2 Å². The summed E-state index contributed by atoms with van der Waals surface area (Å²) in [6, 6.07) is 16.1. The fraction of sp³-hybridized carbons (Fsp3) is 0.222. The summed E-state index contributed by atoms with van der Waals surface area (Å²) in [6.07, 6.45) is 1.45. The number of aryl methyl sites for hydroxylation is 1. The lowest BCUT2D eigenvalue weighted by Crippen LogP contribution is -2.32. The minimum absolute atomic E-state index is 0.108. The minimum Gasteiger partial charge on any atom is -0.485 e. The third-order valence-electron chi connectivity index (χ3n) is 5.62. The third-order valence-corrected chi connectivity index (χ3v) is 5.62. The van der Waals surface area contributed by atoms with Crippen LogP contribution in [0.5, 0.6) is 5.75 Å². The van der Waals surface area contributed by atoms with Crippen molar-refractivity contribution in [2.24, 2.45) is 0 Å². The fourth-order valence-corrected chi connectivity index (χ4v) is 3.85. The summed E-state index contributed by atoms with van der Waals surface area (Å²) in [6.45, 7) is 3.08. The van der Waals surface area contributed by atoms with E-state index in [-0.39, 0.29) is 42.5 Å². The normalized spacial score (nSPS) is 11.8. The monoisotopic (exact) mass is 491 g/mol. The van der Waals surface area contributed by atoms with Crippen LogP contribution >= 0.6 is 0 Å². The van der Waals surface area contributed by atoms with Crippen LogP contribution in [-0.4, -0.2) is 39.6 Å². The quantitative estimate of drug-likeness (QED) is 0.343. The SMILES string of the molecule is CCOC(=O)c1cc(OCc2ccccc2F)c2nc(C)c(C(=O)N[C@@H](CO)c3ccccc3)n2c1. The molecule has 0 aliphatic rings. The molecule has 0 saturated heterocycles. The Balaban J connectivity index is 1.74. The first kappa shape index (κ1) is 24.9. The highest BCUT2D eigenvalue weighted by Crippen LogP contribution is 2.26. The number of esters is 1. The molecule has 2 aromatic carbocycles. The van der Waals surface area contributed by atoms with E-state index >= 15 is 0 Å². The standard InChI is InChI=1S/C27H26FN3O5/c1-3-35-27(34)20-13-23(36-16-19-11-7-8-12-21(19)28)25-29-17(2)24(31(25)14-20)26(33)30-22(15-32)18-9-5-4-6-10-18/h4-14,22,32H,3,15-16H2,1-2H3,(H,30,33)/t22-/m0/s1. The molecule has 0 unspecified atom stereocenters. The van der Waals surface area contributed by atoms with Gasteiger partial charge in [-0.1, -0.05) is 48.5 Å². The molecule has 2 N–H and O–H groups in total. The average molecular weight is 492 g/mol. The number of nitrogens with one attached hydrogen (secondary N) is 1. The van der Waals surface area contributed by atoms with Gasteiger partial charge in [-0.15, -0.1) is 0 Å². The molecule has 0 aliphatic carbocycles. The van der Waals surface area contributed by atoms with Crippen LogP contribution in [0.15, 0.2) is 66.9 Å². The van der Waals surface area contributed by atoms with E-state index in [2.05, 4.69) is 10.3 Å². The molecule has 9 heteroatoms. The number of aliphatic hydroxyl groups is 1. The maximum Gasteiger partial charge on any atom is 0.339 e. The van der Waals surface area contributed by atoms with Gasteiger partial charge in [0, 0.05) is 17.8 Å². The van der Waals surface area contributed by atoms with Crippen LogP contribution in [-0.2, 0) is 11.3 Å². The summed E-state index contributed by atoms with van der Waals surface area (Å²) in [4.78, 5) is 30.4. The Bertz CT molecular complexity index is 1390. The van der Waals surface area contributed by atoms with Crippen molar-refractivity contribution in [1.82, 2.24) is 14.7 Å². The molecule has 1 amide bonds. The van der Waals surface area contributed by atoms with Crippen molar-refractivity contribution in [3.63, 3.8) is 0 Å². The maximum absolute atomic E-state index is 14.1. The van der Waals surface area contributed by atoms with Crippen LogP contribution in [0.2, 0.25) is 0 Å². The van der Waals surface area contributed by atoms with Crippen molar-refractivity contribution in [2.45, 2.75) is 26.5 Å². The van der Waals surface area contributed by atoms with Gasteiger partial charge < -0.3 is 19.9 Å². The number of rotatable bonds is 9. The predicted octanol–water partition coefficient (Wildman–Crippen LogP) is 4.00. The number of fused-ring (bicyclic) bond motifs is 1. The molecule has 4 aromatic rings. The van der Waals surface area contributed by atoms with Gasteiger partial charge in [0.1, 0.15) is 18.1 Å². The number of hydrogen-bond acceptors (Lipinski definition) is 6. The summed E-state index contributed by atoms with van der Waals surface area (Å²) in [5.74, 6) is -1.34. The van der Waals surface area contributed by atoms with Crippen LogP contribution in [0.4, 0.5) is 4.39 Å². The molecule has 0 aliphatic heterocycles. The number of hydrogen-bond donors (Lipinski definition) is 2. The number of amides is 1. The number of halogens is 1. The Hall–Kier alpha value is -4.24. The second kappa shape index (κ2) is 11.0. The maximum atomic E-state index is 14.1. The highest BCUT2D eigenvalue weighted by molar-refractivity contribution is 5.96. The number of ether oxygens (including phenoxy) is 2. The Labute approximate surface area is 207 Å². The van der Waals surface area contributed by atoms with E-state index in [4.69, 9.17) is 9.47 Å².